The SMILES string of the molecule is C[C@H]1CC[C@H](C(C)(C)O)/C(=N/O)C1. The lowest BCUT2D eigenvalue weighted by molar-refractivity contribution is 0.0332. The Hall–Kier alpha value is -0.570. The van der Waals surface area contributed by atoms with E-state index in [4.69, 9.17) is 5.21 Å². The van der Waals surface area contributed by atoms with Gasteiger partial charge < -0.3 is 10.3 Å². The molecule has 1 saturated carbocycles. The molecule has 1 rings (SSSR count). The van der Waals surface area contributed by atoms with Gasteiger partial charge >= 0.3 is 0 Å². The fourth-order valence-corrected chi connectivity index (χ4v) is 2.09. The number of nitrogens with zero attached hydrogens (tertiary/aromatic N) is 1. The van der Waals surface area contributed by atoms with Gasteiger partial charge in [0.05, 0.1) is 11.3 Å². The third-order valence-electron chi connectivity index (χ3n) is 2.89. The molecule has 3 heteroatoms. The molecule has 0 radical (unpaired) electrons. The summed E-state index contributed by atoms with van der Waals surface area (Å²) >= 11 is 0. The van der Waals surface area contributed by atoms with Crippen LogP contribution in [0.25, 0.3) is 0 Å². The molecule has 1 fully saturated rings. The van der Waals surface area contributed by atoms with E-state index in [9.17, 15) is 5.11 Å². The van der Waals surface area contributed by atoms with Crippen LogP contribution in [0.3, 0.4) is 0 Å². The Morgan fingerprint density at radius 2 is 2.00 bits per heavy atom. The van der Waals surface area contributed by atoms with E-state index in [-0.39, 0.29) is 5.92 Å². The van der Waals surface area contributed by atoms with Gasteiger partial charge in [0.15, 0.2) is 0 Å². The summed E-state index contributed by atoms with van der Waals surface area (Å²) in [5, 5.41) is 22.0. The topological polar surface area (TPSA) is 52.8 Å². The van der Waals surface area contributed by atoms with Gasteiger partial charge in [-0.15, -0.1) is 0 Å². The molecular weight excluding hydrogens is 166 g/mol. The third kappa shape index (κ3) is 2.44. The number of hydrogen-bond donors (Lipinski definition) is 2. The lowest BCUT2D eigenvalue weighted by atomic mass is 9.74. The smallest absolute Gasteiger partial charge is 0.0673 e. The fraction of sp³-hybridized carbons (Fsp3) is 0.900. The molecule has 0 bridgehead atoms. The van der Waals surface area contributed by atoms with Gasteiger partial charge in [-0.1, -0.05) is 12.1 Å². The molecule has 0 aromatic rings. The average Bonchev–Trinajstić information content (AvgIpc) is 2.01. The predicted octanol–water partition coefficient (Wildman–Crippen LogP) is 2.02. The van der Waals surface area contributed by atoms with Crippen LogP contribution >= 0.6 is 0 Å². The zero-order valence-electron chi connectivity index (χ0n) is 8.62. The van der Waals surface area contributed by atoms with Gasteiger partial charge in [0, 0.05) is 5.92 Å². The molecule has 13 heavy (non-hydrogen) atoms. The molecule has 3 nitrogen and oxygen atoms in total. The van der Waals surface area contributed by atoms with Crippen molar-refractivity contribution < 1.29 is 10.3 Å². The Labute approximate surface area is 79.5 Å². The maximum absolute atomic E-state index is 9.84. The Kier molecular flexibility index (Phi) is 2.96. The van der Waals surface area contributed by atoms with E-state index >= 15 is 0 Å². The molecule has 0 aliphatic heterocycles. The summed E-state index contributed by atoms with van der Waals surface area (Å²) in [5.74, 6) is 0.596. The summed E-state index contributed by atoms with van der Waals surface area (Å²) in [4.78, 5) is 0. The van der Waals surface area contributed by atoms with Crippen LogP contribution in [-0.2, 0) is 0 Å². The van der Waals surface area contributed by atoms with Gasteiger partial charge in [0.1, 0.15) is 0 Å². The first kappa shape index (κ1) is 10.5. The van der Waals surface area contributed by atoms with Crippen molar-refractivity contribution in [3.63, 3.8) is 0 Å². The first-order valence-electron chi connectivity index (χ1n) is 4.88. The van der Waals surface area contributed by atoms with Crippen molar-refractivity contribution in [1.82, 2.24) is 0 Å². The second kappa shape index (κ2) is 3.66. The first-order chi connectivity index (χ1) is 5.95. The third-order valence-corrected chi connectivity index (χ3v) is 2.89. The lowest BCUT2D eigenvalue weighted by Gasteiger charge is -2.35. The second-order valence-corrected chi connectivity index (χ2v) is 4.68. The molecule has 2 atom stereocenters. The predicted molar refractivity (Wildman–Crippen MR) is 52.0 cm³/mol. The van der Waals surface area contributed by atoms with Gasteiger partial charge in [-0.05, 0) is 39.0 Å². The van der Waals surface area contributed by atoms with Gasteiger partial charge in [0.25, 0.3) is 0 Å². The maximum atomic E-state index is 9.84. The normalized spacial score (nSPS) is 33.7. The number of hydrogen-bond acceptors (Lipinski definition) is 3. The highest BCUT2D eigenvalue weighted by atomic mass is 16.4. The highest BCUT2D eigenvalue weighted by molar-refractivity contribution is 5.88. The van der Waals surface area contributed by atoms with Crippen LogP contribution < -0.4 is 0 Å². The van der Waals surface area contributed by atoms with Gasteiger partial charge in [0.2, 0.25) is 0 Å². The van der Waals surface area contributed by atoms with Crippen LogP contribution in [0, 0.1) is 11.8 Å². The minimum atomic E-state index is -0.762. The van der Waals surface area contributed by atoms with E-state index in [0.717, 1.165) is 25.0 Å². The first-order valence-corrected chi connectivity index (χ1v) is 4.88. The highest BCUT2D eigenvalue weighted by Crippen LogP contribution is 2.33. The number of aliphatic hydroxyl groups is 1. The molecule has 0 unspecified atom stereocenters. The Morgan fingerprint density at radius 1 is 1.38 bits per heavy atom. The largest absolute Gasteiger partial charge is 0.411 e. The summed E-state index contributed by atoms with van der Waals surface area (Å²) in [6, 6.07) is 0. The molecule has 0 heterocycles. The van der Waals surface area contributed by atoms with E-state index in [1.807, 2.05) is 0 Å². The Morgan fingerprint density at radius 3 is 2.46 bits per heavy atom. The molecule has 1 aliphatic carbocycles. The van der Waals surface area contributed by atoms with Crippen molar-refractivity contribution in [3.8, 4) is 0 Å². The van der Waals surface area contributed by atoms with Crippen LogP contribution in [0.1, 0.15) is 40.0 Å². The van der Waals surface area contributed by atoms with E-state index in [1.54, 1.807) is 13.8 Å². The Bertz CT molecular complexity index is 205. The minimum absolute atomic E-state index is 0.0219. The summed E-state index contributed by atoms with van der Waals surface area (Å²) in [6.45, 7) is 5.70. The minimum Gasteiger partial charge on any atom is -0.411 e. The van der Waals surface area contributed by atoms with E-state index in [1.165, 1.54) is 0 Å². The van der Waals surface area contributed by atoms with Crippen LogP contribution in [-0.4, -0.2) is 21.6 Å². The lowest BCUT2D eigenvalue weighted by Crippen LogP contribution is -2.40. The van der Waals surface area contributed by atoms with Gasteiger partial charge in [-0.25, -0.2) is 0 Å². The molecule has 0 aromatic heterocycles. The average molecular weight is 185 g/mol. The maximum Gasteiger partial charge on any atom is 0.0673 e. The van der Waals surface area contributed by atoms with Crippen molar-refractivity contribution in [1.29, 1.82) is 0 Å². The molecule has 1 aliphatic rings. The second-order valence-electron chi connectivity index (χ2n) is 4.68. The van der Waals surface area contributed by atoms with Crippen molar-refractivity contribution in [2.24, 2.45) is 17.0 Å². The number of oxime groups is 1. The quantitative estimate of drug-likeness (QED) is 0.485. The van der Waals surface area contributed by atoms with Crippen molar-refractivity contribution in [2.75, 3.05) is 0 Å². The highest BCUT2D eigenvalue weighted by Gasteiger charge is 2.35. The van der Waals surface area contributed by atoms with Crippen LogP contribution in [0.5, 0.6) is 0 Å². The van der Waals surface area contributed by atoms with Gasteiger partial charge in [-0.2, -0.15) is 0 Å². The van der Waals surface area contributed by atoms with Crippen LogP contribution in [0.15, 0.2) is 5.16 Å². The van der Waals surface area contributed by atoms with E-state index in [0.29, 0.717) is 5.92 Å². The molecule has 0 saturated heterocycles. The summed E-state index contributed by atoms with van der Waals surface area (Å²) in [7, 11) is 0. The van der Waals surface area contributed by atoms with Crippen LogP contribution in [0.4, 0.5) is 0 Å². The fourth-order valence-electron chi connectivity index (χ4n) is 2.09. The molecule has 0 amide bonds. The summed E-state index contributed by atoms with van der Waals surface area (Å²) in [6.07, 6.45) is 2.84. The van der Waals surface area contributed by atoms with Crippen molar-refractivity contribution in [3.05, 3.63) is 0 Å². The zero-order chi connectivity index (χ0) is 10.1. The molecule has 76 valence electrons. The molecule has 0 spiro atoms. The molecule has 0 aromatic carbocycles. The molecular formula is C10H19NO2. The molecule has 2 N–H and O–H groups in total. The van der Waals surface area contributed by atoms with Crippen molar-refractivity contribution in [2.45, 2.75) is 45.6 Å². The zero-order valence-corrected chi connectivity index (χ0v) is 8.62. The summed E-state index contributed by atoms with van der Waals surface area (Å²) < 4.78 is 0. The standard InChI is InChI=1S/C10H19NO2/c1-7-4-5-8(10(2,3)12)9(6-7)11-13/h7-8,12-13H,4-6H2,1-3H3/b11-9+/t7-,8-/m0/s1. The van der Waals surface area contributed by atoms with E-state index < -0.39 is 5.60 Å². The monoisotopic (exact) mass is 185 g/mol. The number of rotatable bonds is 1. The summed E-state index contributed by atoms with van der Waals surface area (Å²) in [5.41, 5.74) is -0.00641. The van der Waals surface area contributed by atoms with Gasteiger partial charge in [-0.3, -0.25) is 0 Å². The van der Waals surface area contributed by atoms with Crippen LogP contribution in [0.2, 0.25) is 0 Å². The van der Waals surface area contributed by atoms with Crippen molar-refractivity contribution >= 4 is 5.71 Å². The van der Waals surface area contributed by atoms with E-state index in [2.05, 4.69) is 12.1 Å². The Balaban J connectivity index is 2.75.